The van der Waals surface area contributed by atoms with Crippen LogP contribution < -0.4 is 10.6 Å². The molecule has 2 unspecified atom stereocenters. The maximum atomic E-state index is 12.0. The molecule has 1 saturated heterocycles. The summed E-state index contributed by atoms with van der Waals surface area (Å²) in [5.74, 6) is 0.146. The van der Waals surface area contributed by atoms with Crippen LogP contribution in [0.3, 0.4) is 0 Å². The fraction of sp³-hybridized carbons (Fsp3) is 0.467. The van der Waals surface area contributed by atoms with Gasteiger partial charge in [-0.2, -0.15) is 0 Å². The average Bonchev–Trinajstić information content (AvgIpc) is 2.39. The van der Waals surface area contributed by atoms with Crippen molar-refractivity contribution in [3.63, 3.8) is 0 Å². The van der Waals surface area contributed by atoms with Crippen molar-refractivity contribution in [3.05, 3.63) is 35.4 Å². The molecule has 2 atom stereocenters. The highest BCUT2D eigenvalue weighted by atomic mass is 16.2. The molecule has 3 rings (SSSR count). The van der Waals surface area contributed by atoms with Crippen LogP contribution >= 0.6 is 0 Å². The number of carbonyl (C=O) groups excluding carboxylic acids is 2. The number of hydrogen-bond acceptors (Lipinski definition) is 2. The van der Waals surface area contributed by atoms with Gasteiger partial charge in [0.1, 0.15) is 0 Å². The van der Waals surface area contributed by atoms with E-state index < -0.39 is 0 Å². The van der Waals surface area contributed by atoms with Gasteiger partial charge in [0.2, 0.25) is 5.91 Å². The van der Waals surface area contributed by atoms with E-state index in [1.807, 2.05) is 24.3 Å². The molecule has 2 aliphatic heterocycles. The Morgan fingerprint density at radius 2 is 1.95 bits per heavy atom. The maximum absolute atomic E-state index is 12.0. The molecule has 2 amide bonds. The first-order valence-corrected chi connectivity index (χ1v) is 6.90. The normalized spacial score (nSPS) is 26.3. The zero-order chi connectivity index (χ0) is 13.2. The Bertz CT molecular complexity index is 513. The predicted octanol–water partition coefficient (Wildman–Crippen LogP) is 1.40. The molecule has 100 valence electrons. The molecule has 0 aliphatic carbocycles. The lowest BCUT2D eigenvalue weighted by molar-refractivity contribution is -0.123. The van der Waals surface area contributed by atoms with Gasteiger partial charge in [-0.3, -0.25) is 9.59 Å². The lowest BCUT2D eigenvalue weighted by atomic mass is 9.89. The third-order valence-electron chi connectivity index (χ3n) is 3.95. The molecule has 0 spiro atoms. The van der Waals surface area contributed by atoms with Gasteiger partial charge in [-0.05, 0) is 37.3 Å². The summed E-state index contributed by atoms with van der Waals surface area (Å²) in [7, 11) is 0. The third kappa shape index (κ3) is 2.62. The van der Waals surface area contributed by atoms with E-state index in [4.69, 9.17) is 0 Å². The number of carbonyl (C=O) groups is 2. The highest BCUT2D eigenvalue weighted by Crippen LogP contribution is 2.21. The van der Waals surface area contributed by atoms with Crippen molar-refractivity contribution >= 4 is 11.8 Å². The summed E-state index contributed by atoms with van der Waals surface area (Å²) < 4.78 is 0. The first-order chi connectivity index (χ1) is 9.22. The zero-order valence-electron chi connectivity index (χ0n) is 10.8. The fourth-order valence-electron chi connectivity index (χ4n) is 3.04. The second-order valence-corrected chi connectivity index (χ2v) is 5.42. The van der Waals surface area contributed by atoms with E-state index in [1.165, 1.54) is 0 Å². The smallest absolute Gasteiger partial charge is 0.251 e. The van der Waals surface area contributed by atoms with Crippen molar-refractivity contribution in [2.24, 2.45) is 0 Å². The van der Waals surface area contributed by atoms with Gasteiger partial charge >= 0.3 is 0 Å². The molecule has 2 heterocycles. The fourth-order valence-corrected chi connectivity index (χ4v) is 3.04. The predicted molar refractivity (Wildman–Crippen MR) is 71.8 cm³/mol. The zero-order valence-corrected chi connectivity index (χ0v) is 10.8. The molecule has 0 bridgehead atoms. The number of benzene rings is 1. The molecule has 0 aromatic heterocycles. The summed E-state index contributed by atoms with van der Waals surface area (Å²) >= 11 is 0. The minimum Gasteiger partial charge on any atom is -0.353 e. The van der Waals surface area contributed by atoms with Gasteiger partial charge in [0.15, 0.2) is 0 Å². The van der Waals surface area contributed by atoms with Crippen LogP contribution in [0.5, 0.6) is 0 Å². The molecule has 4 nitrogen and oxygen atoms in total. The molecule has 4 heteroatoms. The molecular weight excluding hydrogens is 240 g/mol. The van der Waals surface area contributed by atoms with Crippen molar-refractivity contribution in [3.8, 4) is 0 Å². The van der Waals surface area contributed by atoms with E-state index in [0.29, 0.717) is 6.42 Å². The topological polar surface area (TPSA) is 58.2 Å². The molecule has 1 aromatic carbocycles. The van der Waals surface area contributed by atoms with Crippen LogP contribution in [0.25, 0.3) is 0 Å². The SMILES string of the molecule is O=C1CCCC(CC2Cc3ccccc3C(=O)N2)N1. The van der Waals surface area contributed by atoms with Crippen molar-refractivity contribution in [2.45, 2.75) is 44.2 Å². The highest BCUT2D eigenvalue weighted by molar-refractivity contribution is 5.97. The van der Waals surface area contributed by atoms with Gasteiger partial charge in [-0.1, -0.05) is 18.2 Å². The quantitative estimate of drug-likeness (QED) is 0.842. The molecule has 0 saturated carbocycles. The summed E-state index contributed by atoms with van der Waals surface area (Å²) in [6.45, 7) is 0. The number of hydrogen-bond donors (Lipinski definition) is 2. The second kappa shape index (κ2) is 5.03. The van der Waals surface area contributed by atoms with Gasteiger partial charge in [0.25, 0.3) is 5.91 Å². The van der Waals surface area contributed by atoms with E-state index >= 15 is 0 Å². The highest BCUT2D eigenvalue weighted by Gasteiger charge is 2.27. The van der Waals surface area contributed by atoms with Crippen molar-refractivity contribution in [1.82, 2.24) is 10.6 Å². The Labute approximate surface area is 112 Å². The van der Waals surface area contributed by atoms with Crippen LogP contribution in [0, 0.1) is 0 Å². The Morgan fingerprint density at radius 1 is 1.11 bits per heavy atom. The van der Waals surface area contributed by atoms with E-state index in [9.17, 15) is 9.59 Å². The maximum Gasteiger partial charge on any atom is 0.251 e. The summed E-state index contributed by atoms with van der Waals surface area (Å²) in [6.07, 6.45) is 4.28. The third-order valence-corrected chi connectivity index (χ3v) is 3.95. The Morgan fingerprint density at radius 3 is 2.79 bits per heavy atom. The van der Waals surface area contributed by atoms with Crippen molar-refractivity contribution in [2.75, 3.05) is 0 Å². The standard InChI is InChI=1S/C15H18N2O2/c18-14-7-3-5-11(16-14)9-12-8-10-4-1-2-6-13(10)15(19)17-12/h1-2,4,6,11-12H,3,5,7-9H2,(H,16,18)(H,17,19). The van der Waals surface area contributed by atoms with Crippen LogP contribution in [-0.4, -0.2) is 23.9 Å². The average molecular weight is 258 g/mol. The molecule has 1 aromatic rings. The molecule has 2 N–H and O–H groups in total. The van der Waals surface area contributed by atoms with E-state index in [-0.39, 0.29) is 23.9 Å². The molecular formula is C15H18N2O2. The van der Waals surface area contributed by atoms with E-state index in [0.717, 1.165) is 36.8 Å². The summed E-state index contributed by atoms with van der Waals surface area (Å²) in [5, 5.41) is 6.06. The van der Waals surface area contributed by atoms with Crippen molar-refractivity contribution < 1.29 is 9.59 Å². The van der Waals surface area contributed by atoms with Gasteiger partial charge < -0.3 is 10.6 Å². The minimum atomic E-state index is 0.00832. The number of amides is 2. The first-order valence-electron chi connectivity index (χ1n) is 6.90. The van der Waals surface area contributed by atoms with Gasteiger partial charge in [0.05, 0.1) is 0 Å². The Kier molecular flexibility index (Phi) is 3.23. The summed E-state index contributed by atoms with van der Waals surface area (Å²) in [6, 6.07) is 8.07. The van der Waals surface area contributed by atoms with E-state index in [2.05, 4.69) is 10.6 Å². The Balaban J connectivity index is 1.68. The minimum absolute atomic E-state index is 0.00832. The van der Waals surface area contributed by atoms with Crippen LogP contribution in [0.4, 0.5) is 0 Å². The monoisotopic (exact) mass is 258 g/mol. The van der Waals surface area contributed by atoms with Crippen LogP contribution in [0.2, 0.25) is 0 Å². The van der Waals surface area contributed by atoms with Crippen molar-refractivity contribution in [1.29, 1.82) is 0 Å². The van der Waals surface area contributed by atoms with Crippen LogP contribution in [0.1, 0.15) is 41.6 Å². The molecule has 0 radical (unpaired) electrons. The molecule has 1 fully saturated rings. The lowest BCUT2D eigenvalue weighted by Crippen LogP contribution is -2.47. The summed E-state index contributed by atoms with van der Waals surface area (Å²) in [5.41, 5.74) is 1.89. The summed E-state index contributed by atoms with van der Waals surface area (Å²) in [4.78, 5) is 23.4. The Hall–Kier alpha value is -1.84. The number of piperidine rings is 1. The number of nitrogens with one attached hydrogen (secondary N) is 2. The number of rotatable bonds is 2. The van der Waals surface area contributed by atoms with Crippen LogP contribution in [-0.2, 0) is 11.2 Å². The largest absolute Gasteiger partial charge is 0.353 e. The molecule has 2 aliphatic rings. The second-order valence-electron chi connectivity index (χ2n) is 5.42. The van der Waals surface area contributed by atoms with E-state index in [1.54, 1.807) is 0 Å². The van der Waals surface area contributed by atoms with Gasteiger partial charge in [-0.15, -0.1) is 0 Å². The lowest BCUT2D eigenvalue weighted by Gasteiger charge is -2.31. The van der Waals surface area contributed by atoms with Gasteiger partial charge in [-0.25, -0.2) is 0 Å². The van der Waals surface area contributed by atoms with Crippen LogP contribution in [0.15, 0.2) is 24.3 Å². The first kappa shape index (κ1) is 12.2. The van der Waals surface area contributed by atoms with Gasteiger partial charge in [0, 0.05) is 24.1 Å². The number of fused-ring (bicyclic) bond motifs is 1. The molecule has 19 heavy (non-hydrogen) atoms.